The number of aromatic nitrogens is 3. The molecule has 0 aliphatic heterocycles. The van der Waals surface area contributed by atoms with Gasteiger partial charge in [0.25, 0.3) is 5.91 Å². The second kappa shape index (κ2) is 9.35. The molecule has 2 heterocycles. The van der Waals surface area contributed by atoms with Crippen LogP contribution in [-0.2, 0) is 6.54 Å². The van der Waals surface area contributed by atoms with Crippen LogP contribution in [0.15, 0.2) is 73.1 Å². The topological polar surface area (TPSA) is 115 Å². The number of benzene rings is 2. The van der Waals surface area contributed by atoms with Gasteiger partial charge in [-0.2, -0.15) is 5.10 Å². The molecule has 8 heteroatoms. The van der Waals surface area contributed by atoms with Gasteiger partial charge in [0, 0.05) is 41.4 Å². The number of hydrogen-bond acceptors (Lipinski definition) is 4. The zero-order valence-electron chi connectivity index (χ0n) is 18.4. The smallest absolute Gasteiger partial charge is 0.323 e. The lowest BCUT2D eigenvalue weighted by molar-refractivity contribution is 0.0995. The number of nitrogens with two attached hydrogens (primary N) is 1. The molecule has 33 heavy (non-hydrogen) atoms. The van der Waals surface area contributed by atoms with E-state index >= 15 is 0 Å². The first-order chi connectivity index (χ1) is 15.9. The van der Waals surface area contributed by atoms with Crippen LogP contribution >= 0.6 is 0 Å². The number of carbonyl (C=O) groups is 2. The maximum Gasteiger partial charge on any atom is 0.323 e. The van der Waals surface area contributed by atoms with Crippen LogP contribution in [0.25, 0.3) is 22.4 Å². The predicted octanol–water partition coefficient (Wildman–Crippen LogP) is 4.68. The van der Waals surface area contributed by atoms with E-state index < -0.39 is 5.91 Å². The third kappa shape index (κ3) is 5.07. The Labute approximate surface area is 191 Å². The summed E-state index contributed by atoms with van der Waals surface area (Å²) in [6.45, 7) is 4.66. The fourth-order valence-electron chi connectivity index (χ4n) is 3.42. The van der Waals surface area contributed by atoms with Crippen molar-refractivity contribution in [1.82, 2.24) is 14.8 Å². The number of nitrogens with one attached hydrogen (secondary N) is 2. The lowest BCUT2D eigenvalue weighted by atomic mass is 10.0. The lowest BCUT2D eigenvalue weighted by Crippen LogP contribution is -2.19. The Balaban J connectivity index is 1.62. The highest BCUT2D eigenvalue weighted by molar-refractivity contribution is 6.00. The minimum Gasteiger partial charge on any atom is -0.364 e. The Bertz CT molecular complexity index is 1310. The molecule has 166 valence electrons. The first kappa shape index (κ1) is 21.8. The van der Waals surface area contributed by atoms with Gasteiger partial charge in [0.2, 0.25) is 0 Å². The van der Waals surface area contributed by atoms with Crippen molar-refractivity contribution in [2.24, 2.45) is 5.73 Å². The molecule has 4 rings (SSSR count). The van der Waals surface area contributed by atoms with E-state index in [2.05, 4.69) is 20.7 Å². The van der Waals surface area contributed by atoms with E-state index in [4.69, 9.17) is 5.73 Å². The van der Waals surface area contributed by atoms with Gasteiger partial charge in [-0.25, -0.2) is 4.79 Å². The standard InChI is InChI=1S/C25H24N6O2/c1-3-31-15-21(23(30-31)18-11-12-27-22(14-18)24(26)32)17-5-4-6-20(13-17)29-25(33)28-19-9-7-16(2)8-10-19/h4-15H,3H2,1-2H3,(H2,26,32)(H2,28,29,33). The van der Waals surface area contributed by atoms with Crippen molar-refractivity contribution in [3.05, 3.63) is 84.3 Å². The number of pyridine rings is 1. The van der Waals surface area contributed by atoms with Crippen LogP contribution in [0.4, 0.5) is 16.2 Å². The van der Waals surface area contributed by atoms with Gasteiger partial charge in [-0.3, -0.25) is 14.5 Å². The van der Waals surface area contributed by atoms with Gasteiger partial charge in [0.15, 0.2) is 0 Å². The number of urea groups is 1. The summed E-state index contributed by atoms with van der Waals surface area (Å²) in [6.07, 6.45) is 3.47. The van der Waals surface area contributed by atoms with Crippen LogP contribution in [-0.4, -0.2) is 26.7 Å². The first-order valence-corrected chi connectivity index (χ1v) is 10.5. The van der Waals surface area contributed by atoms with Crippen molar-refractivity contribution in [3.8, 4) is 22.4 Å². The molecule has 0 aliphatic rings. The van der Waals surface area contributed by atoms with E-state index in [1.807, 2.05) is 73.3 Å². The maximum absolute atomic E-state index is 12.5. The Hall–Kier alpha value is -4.46. The van der Waals surface area contributed by atoms with E-state index in [0.717, 1.165) is 22.3 Å². The number of carbonyl (C=O) groups excluding carboxylic acids is 2. The van der Waals surface area contributed by atoms with Gasteiger partial charge in [0.05, 0.1) is 0 Å². The van der Waals surface area contributed by atoms with Crippen LogP contribution in [0.1, 0.15) is 23.0 Å². The van der Waals surface area contributed by atoms with Crippen molar-refractivity contribution in [3.63, 3.8) is 0 Å². The average molecular weight is 441 g/mol. The molecule has 3 amide bonds. The summed E-state index contributed by atoms with van der Waals surface area (Å²) in [6, 6.07) is 18.2. The largest absolute Gasteiger partial charge is 0.364 e. The third-order valence-electron chi connectivity index (χ3n) is 5.11. The van der Waals surface area contributed by atoms with Crippen LogP contribution < -0.4 is 16.4 Å². The number of primary amides is 1. The molecule has 0 aliphatic carbocycles. The van der Waals surface area contributed by atoms with E-state index in [0.29, 0.717) is 23.6 Å². The quantitative estimate of drug-likeness (QED) is 0.404. The predicted molar refractivity (Wildman–Crippen MR) is 129 cm³/mol. The summed E-state index contributed by atoms with van der Waals surface area (Å²) in [5.41, 5.74) is 11.2. The normalized spacial score (nSPS) is 10.6. The zero-order chi connectivity index (χ0) is 23.4. The van der Waals surface area contributed by atoms with Crippen LogP contribution in [0.5, 0.6) is 0 Å². The van der Waals surface area contributed by atoms with Gasteiger partial charge in [-0.1, -0.05) is 29.8 Å². The first-order valence-electron chi connectivity index (χ1n) is 10.5. The molecule has 2 aromatic heterocycles. The fraction of sp³-hybridized carbons (Fsp3) is 0.120. The summed E-state index contributed by atoms with van der Waals surface area (Å²) in [4.78, 5) is 28.1. The van der Waals surface area contributed by atoms with E-state index in [1.54, 1.807) is 12.1 Å². The molecule has 8 nitrogen and oxygen atoms in total. The second-order valence-electron chi connectivity index (χ2n) is 7.57. The fourth-order valence-corrected chi connectivity index (χ4v) is 3.42. The third-order valence-corrected chi connectivity index (χ3v) is 5.11. The molecule has 0 fully saturated rings. The lowest BCUT2D eigenvalue weighted by Gasteiger charge is -2.10. The molecule has 0 atom stereocenters. The molecular weight excluding hydrogens is 416 g/mol. The summed E-state index contributed by atoms with van der Waals surface area (Å²) in [5.74, 6) is -0.598. The number of rotatable bonds is 6. The monoisotopic (exact) mass is 440 g/mol. The molecule has 0 radical (unpaired) electrons. The average Bonchev–Trinajstić information content (AvgIpc) is 3.25. The van der Waals surface area contributed by atoms with Gasteiger partial charge < -0.3 is 16.4 Å². The summed E-state index contributed by atoms with van der Waals surface area (Å²) < 4.78 is 1.82. The van der Waals surface area contributed by atoms with Crippen molar-refractivity contribution >= 4 is 23.3 Å². The minimum absolute atomic E-state index is 0.174. The number of anilines is 2. The van der Waals surface area contributed by atoms with Gasteiger partial charge in [-0.05, 0) is 55.8 Å². The Morgan fingerprint density at radius 3 is 2.45 bits per heavy atom. The number of hydrogen-bond donors (Lipinski definition) is 3. The number of amides is 3. The molecule has 4 N–H and O–H groups in total. The Morgan fingerprint density at radius 2 is 1.73 bits per heavy atom. The van der Waals surface area contributed by atoms with Crippen LogP contribution in [0.2, 0.25) is 0 Å². The van der Waals surface area contributed by atoms with Gasteiger partial charge in [0.1, 0.15) is 11.4 Å². The number of aryl methyl sites for hydroxylation is 2. The summed E-state index contributed by atoms with van der Waals surface area (Å²) in [7, 11) is 0. The van der Waals surface area contributed by atoms with E-state index in [-0.39, 0.29) is 11.7 Å². The van der Waals surface area contributed by atoms with Crippen molar-refractivity contribution in [2.75, 3.05) is 10.6 Å². The molecule has 2 aromatic carbocycles. The summed E-state index contributed by atoms with van der Waals surface area (Å²) >= 11 is 0. The van der Waals surface area contributed by atoms with Gasteiger partial charge >= 0.3 is 6.03 Å². The summed E-state index contributed by atoms with van der Waals surface area (Å²) in [5, 5.41) is 10.4. The van der Waals surface area contributed by atoms with Crippen molar-refractivity contribution in [2.45, 2.75) is 20.4 Å². The Kier molecular flexibility index (Phi) is 6.17. The maximum atomic E-state index is 12.5. The molecule has 0 bridgehead atoms. The molecule has 0 saturated heterocycles. The van der Waals surface area contributed by atoms with Crippen molar-refractivity contribution in [1.29, 1.82) is 0 Å². The molecular formula is C25H24N6O2. The van der Waals surface area contributed by atoms with E-state index in [1.165, 1.54) is 6.20 Å². The van der Waals surface area contributed by atoms with Crippen LogP contribution in [0, 0.1) is 6.92 Å². The molecule has 4 aromatic rings. The van der Waals surface area contributed by atoms with Crippen molar-refractivity contribution < 1.29 is 9.59 Å². The van der Waals surface area contributed by atoms with Crippen LogP contribution in [0.3, 0.4) is 0 Å². The highest BCUT2D eigenvalue weighted by Gasteiger charge is 2.15. The minimum atomic E-state index is -0.598. The van der Waals surface area contributed by atoms with Gasteiger partial charge in [-0.15, -0.1) is 0 Å². The SMILES string of the molecule is CCn1cc(-c2cccc(NC(=O)Nc3ccc(C)cc3)c2)c(-c2ccnc(C(N)=O)c2)n1. The zero-order valence-corrected chi connectivity index (χ0v) is 18.4. The highest BCUT2D eigenvalue weighted by Crippen LogP contribution is 2.32. The number of nitrogens with zero attached hydrogens (tertiary/aromatic N) is 3. The highest BCUT2D eigenvalue weighted by atomic mass is 16.2. The van der Waals surface area contributed by atoms with E-state index in [9.17, 15) is 9.59 Å². The molecule has 0 unspecified atom stereocenters. The Morgan fingerprint density at radius 1 is 0.970 bits per heavy atom. The molecule has 0 spiro atoms. The molecule has 0 saturated carbocycles. The second-order valence-corrected chi connectivity index (χ2v) is 7.57.